The normalized spacial score (nSPS) is 18.8. The van der Waals surface area contributed by atoms with Crippen LogP contribution in [0, 0.1) is 19.8 Å². The molecule has 0 radical (unpaired) electrons. The van der Waals surface area contributed by atoms with Crippen LogP contribution in [0.3, 0.4) is 0 Å². The van der Waals surface area contributed by atoms with Crippen LogP contribution in [0.5, 0.6) is 0 Å². The minimum atomic E-state index is -0.261. The van der Waals surface area contributed by atoms with E-state index in [0.29, 0.717) is 6.54 Å². The summed E-state index contributed by atoms with van der Waals surface area (Å²) in [6, 6.07) is 0. The zero-order chi connectivity index (χ0) is 12.4. The number of hydrogen-bond donors (Lipinski definition) is 1. The summed E-state index contributed by atoms with van der Waals surface area (Å²) in [5, 5.41) is 14.5. The molecule has 1 atom stereocenters. The van der Waals surface area contributed by atoms with E-state index in [4.69, 9.17) is 0 Å². The van der Waals surface area contributed by atoms with E-state index >= 15 is 0 Å². The third-order valence-corrected chi connectivity index (χ3v) is 4.90. The van der Waals surface area contributed by atoms with Gasteiger partial charge in [0.2, 0.25) is 0 Å². The van der Waals surface area contributed by atoms with Crippen LogP contribution in [-0.2, 0) is 6.54 Å². The maximum absolute atomic E-state index is 10.1. The molecule has 0 bridgehead atoms. The van der Waals surface area contributed by atoms with Gasteiger partial charge in [-0.15, -0.1) is 0 Å². The van der Waals surface area contributed by atoms with E-state index in [1.54, 1.807) is 0 Å². The van der Waals surface area contributed by atoms with Crippen molar-refractivity contribution in [2.24, 2.45) is 5.92 Å². The molecule has 1 N–H and O–H groups in total. The van der Waals surface area contributed by atoms with Crippen LogP contribution < -0.4 is 0 Å². The summed E-state index contributed by atoms with van der Waals surface area (Å²) in [5.41, 5.74) is 2.10. The Hall–Kier alpha value is -0.350. The van der Waals surface area contributed by atoms with Crippen LogP contribution >= 0.6 is 15.9 Å². The third kappa shape index (κ3) is 3.10. The largest absolute Gasteiger partial charge is 0.391 e. The fourth-order valence-corrected chi connectivity index (χ4v) is 3.04. The molecule has 1 saturated carbocycles. The highest BCUT2D eigenvalue weighted by atomic mass is 79.9. The molecule has 3 nitrogen and oxygen atoms in total. The fraction of sp³-hybridized carbons (Fsp3) is 0.769. The maximum atomic E-state index is 10.1. The minimum absolute atomic E-state index is 0.261. The molecule has 0 saturated heterocycles. The van der Waals surface area contributed by atoms with Crippen molar-refractivity contribution in [2.45, 2.75) is 58.6 Å². The van der Waals surface area contributed by atoms with E-state index in [9.17, 15) is 5.11 Å². The Labute approximate surface area is 111 Å². The van der Waals surface area contributed by atoms with Gasteiger partial charge in [-0.25, -0.2) is 0 Å². The Morgan fingerprint density at radius 1 is 1.41 bits per heavy atom. The summed E-state index contributed by atoms with van der Waals surface area (Å²) in [4.78, 5) is 0. The SMILES string of the molecule is Cc1nn(CC(O)CC2CCCC2)c(C)c1Br. The Kier molecular flexibility index (Phi) is 4.26. The molecule has 1 fully saturated rings. The van der Waals surface area contributed by atoms with Gasteiger partial charge < -0.3 is 5.11 Å². The van der Waals surface area contributed by atoms with E-state index in [-0.39, 0.29) is 6.10 Å². The molecule has 0 amide bonds. The fourth-order valence-electron chi connectivity index (χ4n) is 2.76. The number of rotatable bonds is 4. The van der Waals surface area contributed by atoms with Gasteiger partial charge in [-0.2, -0.15) is 5.10 Å². The van der Waals surface area contributed by atoms with E-state index in [1.165, 1.54) is 25.7 Å². The standard InChI is InChI=1S/C13H21BrN2O/c1-9-13(14)10(2)16(15-9)8-12(17)7-11-5-3-4-6-11/h11-12,17H,3-8H2,1-2H3. The average Bonchev–Trinajstić information content (AvgIpc) is 2.85. The van der Waals surface area contributed by atoms with E-state index in [1.807, 2.05) is 18.5 Å². The van der Waals surface area contributed by atoms with Crippen molar-refractivity contribution in [1.82, 2.24) is 9.78 Å². The summed E-state index contributed by atoms with van der Waals surface area (Å²) in [7, 11) is 0. The molecule has 1 aromatic heterocycles. The summed E-state index contributed by atoms with van der Waals surface area (Å²) >= 11 is 3.51. The van der Waals surface area contributed by atoms with Crippen LogP contribution in [0.1, 0.15) is 43.5 Å². The van der Waals surface area contributed by atoms with Gasteiger partial charge in [0.15, 0.2) is 0 Å². The van der Waals surface area contributed by atoms with E-state index in [0.717, 1.165) is 28.2 Å². The molecule has 1 heterocycles. The van der Waals surface area contributed by atoms with Crippen molar-refractivity contribution in [3.63, 3.8) is 0 Å². The molecule has 1 unspecified atom stereocenters. The monoisotopic (exact) mass is 300 g/mol. The van der Waals surface area contributed by atoms with E-state index < -0.39 is 0 Å². The Balaban J connectivity index is 1.92. The first kappa shape index (κ1) is 13.1. The van der Waals surface area contributed by atoms with Crippen LogP contribution in [0.2, 0.25) is 0 Å². The number of aliphatic hydroxyl groups excluding tert-OH is 1. The quantitative estimate of drug-likeness (QED) is 0.927. The molecule has 0 spiro atoms. The molecular weight excluding hydrogens is 280 g/mol. The van der Waals surface area contributed by atoms with Crippen molar-refractivity contribution in [1.29, 1.82) is 0 Å². The molecule has 96 valence electrons. The lowest BCUT2D eigenvalue weighted by atomic mass is 10.0. The predicted molar refractivity (Wildman–Crippen MR) is 72.0 cm³/mol. The second-order valence-electron chi connectivity index (χ2n) is 5.21. The molecule has 0 aromatic carbocycles. The van der Waals surface area contributed by atoms with Crippen molar-refractivity contribution in [2.75, 3.05) is 0 Å². The molecule has 4 heteroatoms. The molecular formula is C13H21BrN2O. The second kappa shape index (κ2) is 5.53. The smallest absolute Gasteiger partial charge is 0.0738 e. The molecule has 1 aromatic rings. The van der Waals surface area contributed by atoms with Gasteiger partial charge in [0.05, 0.1) is 22.8 Å². The molecule has 1 aliphatic carbocycles. The van der Waals surface area contributed by atoms with Crippen molar-refractivity contribution in [3.8, 4) is 0 Å². The zero-order valence-electron chi connectivity index (χ0n) is 10.6. The topological polar surface area (TPSA) is 38.0 Å². The third-order valence-electron chi connectivity index (χ3n) is 3.76. The number of hydrogen-bond acceptors (Lipinski definition) is 2. The van der Waals surface area contributed by atoms with Crippen molar-refractivity contribution >= 4 is 15.9 Å². The lowest BCUT2D eigenvalue weighted by Gasteiger charge is -2.16. The summed E-state index contributed by atoms with van der Waals surface area (Å²) in [6.07, 6.45) is 5.92. The van der Waals surface area contributed by atoms with Gasteiger partial charge in [0, 0.05) is 5.69 Å². The Morgan fingerprint density at radius 2 is 2.06 bits per heavy atom. The maximum Gasteiger partial charge on any atom is 0.0738 e. The summed E-state index contributed by atoms with van der Waals surface area (Å²) in [5.74, 6) is 0.727. The summed E-state index contributed by atoms with van der Waals surface area (Å²) < 4.78 is 2.98. The molecule has 2 rings (SSSR count). The van der Waals surface area contributed by atoms with Gasteiger partial charge >= 0.3 is 0 Å². The van der Waals surface area contributed by atoms with Crippen LogP contribution in [0.15, 0.2) is 4.47 Å². The lowest BCUT2D eigenvalue weighted by molar-refractivity contribution is 0.119. The lowest BCUT2D eigenvalue weighted by Crippen LogP contribution is -2.20. The van der Waals surface area contributed by atoms with Gasteiger partial charge in [-0.05, 0) is 42.1 Å². The van der Waals surface area contributed by atoms with Gasteiger partial charge in [-0.3, -0.25) is 4.68 Å². The van der Waals surface area contributed by atoms with Crippen molar-refractivity contribution in [3.05, 3.63) is 15.9 Å². The number of aryl methyl sites for hydroxylation is 1. The molecule has 1 aliphatic rings. The average molecular weight is 301 g/mol. The van der Waals surface area contributed by atoms with Crippen LogP contribution in [0.4, 0.5) is 0 Å². The predicted octanol–water partition coefficient (Wildman–Crippen LogP) is 3.20. The van der Waals surface area contributed by atoms with Gasteiger partial charge in [0.25, 0.3) is 0 Å². The minimum Gasteiger partial charge on any atom is -0.391 e. The molecule has 17 heavy (non-hydrogen) atoms. The Morgan fingerprint density at radius 3 is 2.59 bits per heavy atom. The first-order valence-corrected chi connectivity index (χ1v) is 7.24. The Bertz CT molecular complexity index is 383. The zero-order valence-corrected chi connectivity index (χ0v) is 12.2. The molecule has 0 aliphatic heterocycles. The van der Waals surface area contributed by atoms with Gasteiger partial charge in [0.1, 0.15) is 0 Å². The number of nitrogens with zero attached hydrogens (tertiary/aromatic N) is 2. The highest BCUT2D eigenvalue weighted by molar-refractivity contribution is 9.10. The first-order chi connectivity index (χ1) is 8.08. The number of aromatic nitrogens is 2. The summed E-state index contributed by atoms with van der Waals surface area (Å²) in [6.45, 7) is 4.64. The first-order valence-electron chi connectivity index (χ1n) is 6.45. The number of halogens is 1. The van der Waals surface area contributed by atoms with Gasteiger partial charge in [-0.1, -0.05) is 25.7 Å². The number of aliphatic hydroxyl groups is 1. The highest BCUT2D eigenvalue weighted by Gasteiger charge is 2.20. The van der Waals surface area contributed by atoms with Crippen LogP contribution in [-0.4, -0.2) is 21.0 Å². The van der Waals surface area contributed by atoms with E-state index in [2.05, 4.69) is 21.0 Å². The van der Waals surface area contributed by atoms with Crippen LogP contribution in [0.25, 0.3) is 0 Å². The highest BCUT2D eigenvalue weighted by Crippen LogP contribution is 2.29. The second-order valence-corrected chi connectivity index (χ2v) is 6.00. The van der Waals surface area contributed by atoms with Crippen molar-refractivity contribution < 1.29 is 5.11 Å².